The zero-order valence-corrected chi connectivity index (χ0v) is 14.3. The van der Waals surface area contributed by atoms with Gasteiger partial charge in [-0.3, -0.25) is 0 Å². The van der Waals surface area contributed by atoms with Gasteiger partial charge in [0.25, 0.3) is 0 Å². The van der Waals surface area contributed by atoms with Crippen LogP contribution in [0.4, 0.5) is 5.69 Å². The van der Waals surface area contributed by atoms with E-state index in [1.807, 2.05) is 30.3 Å². The van der Waals surface area contributed by atoms with E-state index in [1.54, 1.807) is 6.26 Å². The number of hydrogen-bond donors (Lipinski definition) is 1. The minimum atomic E-state index is 0.446. The quantitative estimate of drug-likeness (QED) is 0.871. The summed E-state index contributed by atoms with van der Waals surface area (Å²) in [6.07, 6.45) is 3.95. The Bertz CT molecular complexity index is 606. The summed E-state index contributed by atoms with van der Waals surface area (Å²) >= 11 is 5.70. The number of anilines is 1. The molecule has 0 atom stereocenters. The number of furan rings is 1. The van der Waals surface area contributed by atoms with Crippen molar-refractivity contribution in [3.63, 3.8) is 0 Å². The molecule has 1 aliphatic rings. The molecule has 0 radical (unpaired) electrons. The van der Waals surface area contributed by atoms with Gasteiger partial charge < -0.3 is 19.5 Å². The van der Waals surface area contributed by atoms with Crippen LogP contribution in [0.1, 0.15) is 18.6 Å². The zero-order chi connectivity index (χ0) is 16.1. The molecule has 1 aliphatic heterocycles. The molecule has 3 rings (SSSR count). The molecular formula is C18H23N3OS. The van der Waals surface area contributed by atoms with Gasteiger partial charge in [-0.05, 0) is 69.5 Å². The molecule has 0 amide bonds. The number of nitrogens with one attached hydrogen (secondary N) is 1. The third kappa shape index (κ3) is 4.33. The number of para-hydroxylation sites is 1. The van der Waals surface area contributed by atoms with Crippen LogP contribution in [0.15, 0.2) is 53.1 Å². The van der Waals surface area contributed by atoms with Crippen LogP contribution in [0.2, 0.25) is 0 Å². The van der Waals surface area contributed by atoms with Gasteiger partial charge in [-0.1, -0.05) is 18.2 Å². The molecule has 5 heteroatoms. The molecule has 1 fully saturated rings. The molecule has 23 heavy (non-hydrogen) atoms. The maximum absolute atomic E-state index is 5.70. The van der Waals surface area contributed by atoms with Crippen molar-refractivity contribution in [1.29, 1.82) is 0 Å². The molecule has 4 nitrogen and oxygen atoms in total. The van der Waals surface area contributed by atoms with Crippen LogP contribution in [-0.4, -0.2) is 36.2 Å². The van der Waals surface area contributed by atoms with Crippen LogP contribution in [-0.2, 0) is 6.54 Å². The van der Waals surface area contributed by atoms with Crippen molar-refractivity contribution in [2.24, 2.45) is 0 Å². The first-order valence-corrected chi connectivity index (χ1v) is 8.47. The normalized spacial score (nSPS) is 16.2. The molecule has 0 unspecified atom stereocenters. The molecule has 2 heterocycles. The number of thiocarbonyl (C=S) groups is 1. The van der Waals surface area contributed by atoms with E-state index in [4.69, 9.17) is 16.6 Å². The number of nitrogens with zero attached hydrogens (tertiary/aromatic N) is 2. The maximum atomic E-state index is 5.70. The van der Waals surface area contributed by atoms with E-state index in [-0.39, 0.29) is 0 Å². The Labute approximate surface area is 143 Å². The molecule has 0 bridgehead atoms. The van der Waals surface area contributed by atoms with Crippen molar-refractivity contribution in [3.05, 3.63) is 54.5 Å². The van der Waals surface area contributed by atoms with Gasteiger partial charge in [0.05, 0.1) is 12.8 Å². The molecule has 1 N–H and O–H groups in total. The van der Waals surface area contributed by atoms with Crippen LogP contribution in [0.5, 0.6) is 0 Å². The molecule has 1 saturated heterocycles. The highest BCUT2D eigenvalue weighted by Gasteiger charge is 2.20. The number of benzene rings is 1. The zero-order valence-electron chi connectivity index (χ0n) is 13.4. The average molecular weight is 329 g/mol. The Morgan fingerprint density at radius 1 is 1.22 bits per heavy atom. The first kappa shape index (κ1) is 16.0. The summed E-state index contributed by atoms with van der Waals surface area (Å²) in [5.41, 5.74) is 1.08. The summed E-state index contributed by atoms with van der Waals surface area (Å²) in [4.78, 5) is 4.46. The van der Waals surface area contributed by atoms with Gasteiger partial charge >= 0.3 is 0 Å². The van der Waals surface area contributed by atoms with E-state index >= 15 is 0 Å². The van der Waals surface area contributed by atoms with Crippen LogP contribution in [0, 0.1) is 0 Å². The Hall–Kier alpha value is -1.85. The third-order valence-electron chi connectivity index (χ3n) is 4.25. The van der Waals surface area contributed by atoms with Gasteiger partial charge in [-0.25, -0.2) is 0 Å². The first-order valence-electron chi connectivity index (χ1n) is 8.06. The van der Waals surface area contributed by atoms with Crippen molar-refractivity contribution >= 4 is 23.0 Å². The fraction of sp³-hybridized carbons (Fsp3) is 0.389. The summed E-state index contributed by atoms with van der Waals surface area (Å²) in [6.45, 7) is 2.86. The molecular weight excluding hydrogens is 306 g/mol. The molecule has 0 saturated carbocycles. The van der Waals surface area contributed by atoms with Gasteiger partial charge in [-0.2, -0.15) is 0 Å². The fourth-order valence-corrected chi connectivity index (χ4v) is 3.19. The van der Waals surface area contributed by atoms with E-state index in [0.717, 1.165) is 42.5 Å². The Morgan fingerprint density at radius 3 is 2.61 bits per heavy atom. The van der Waals surface area contributed by atoms with Crippen LogP contribution in [0.25, 0.3) is 0 Å². The summed E-state index contributed by atoms with van der Waals surface area (Å²) in [5, 5.41) is 4.31. The Balaban J connectivity index is 1.70. The lowest BCUT2D eigenvalue weighted by atomic mass is 10.1. The van der Waals surface area contributed by atoms with Gasteiger partial charge in [0.1, 0.15) is 5.76 Å². The molecule has 0 aliphatic carbocycles. The van der Waals surface area contributed by atoms with Gasteiger partial charge in [-0.15, -0.1) is 0 Å². The molecule has 122 valence electrons. The highest BCUT2D eigenvalue weighted by molar-refractivity contribution is 7.80. The lowest BCUT2D eigenvalue weighted by Gasteiger charge is -2.33. The minimum absolute atomic E-state index is 0.446. The van der Waals surface area contributed by atoms with E-state index in [9.17, 15) is 0 Å². The second-order valence-electron chi connectivity index (χ2n) is 6.03. The second-order valence-corrected chi connectivity index (χ2v) is 6.41. The van der Waals surface area contributed by atoms with Crippen molar-refractivity contribution in [1.82, 2.24) is 10.2 Å². The smallest absolute Gasteiger partial charge is 0.174 e. The van der Waals surface area contributed by atoms with E-state index in [2.05, 4.69) is 34.3 Å². The van der Waals surface area contributed by atoms with Gasteiger partial charge in [0.2, 0.25) is 0 Å². The highest BCUT2D eigenvalue weighted by Crippen LogP contribution is 2.18. The average Bonchev–Trinajstić information content (AvgIpc) is 3.09. The minimum Gasteiger partial charge on any atom is -0.467 e. The summed E-state index contributed by atoms with van der Waals surface area (Å²) in [5.74, 6) is 0.904. The molecule has 2 aromatic rings. The molecule has 1 aromatic heterocycles. The summed E-state index contributed by atoms with van der Waals surface area (Å²) < 4.78 is 5.50. The third-order valence-corrected chi connectivity index (χ3v) is 4.59. The predicted octanol–water partition coefficient (Wildman–Crippen LogP) is 3.25. The fourth-order valence-electron chi connectivity index (χ4n) is 2.85. The summed E-state index contributed by atoms with van der Waals surface area (Å²) in [6, 6.07) is 14.6. The van der Waals surface area contributed by atoms with E-state index < -0.39 is 0 Å². The van der Waals surface area contributed by atoms with E-state index in [0.29, 0.717) is 12.6 Å². The largest absolute Gasteiger partial charge is 0.467 e. The predicted molar refractivity (Wildman–Crippen MR) is 97.6 cm³/mol. The van der Waals surface area contributed by atoms with Gasteiger partial charge in [0, 0.05) is 11.7 Å². The van der Waals surface area contributed by atoms with Crippen molar-refractivity contribution in [3.8, 4) is 0 Å². The number of piperidine rings is 1. The number of hydrogen-bond acceptors (Lipinski definition) is 3. The van der Waals surface area contributed by atoms with Crippen molar-refractivity contribution < 1.29 is 4.42 Å². The maximum Gasteiger partial charge on any atom is 0.174 e. The summed E-state index contributed by atoms with van der Waals surface area (Å²) in [7, 11) is 2.17. The van der Waals surface area contributed by atoms with Crippen LogP contribution >= 0.6 is 12.2 Å². The lowest BCUT2D eigenvalue weighted by Crippen LogP contribution is -2.48. The molecule has 1 aromatic carbocycles. The standard InChI is InChI=1S/C18H23N3OS/c1-20-11-9-15(10-12-20)19-18(23)21(14-17-8-5-13-22-17)16-6-3-2-4-7-16/h2-8,13,15H,9-12,14H2,1H3,(H,19,23). The topological polar surface area (TPSA) is 31.6 Å². The molecule has 0 spiro atoms. The first-order chi connectivity index (χ1) is 11.2. The Kier molecular flexibility index (Phi) is 5.31. The second kappa shape index (κ2) is 7.62. The van der Waals surface area contributed by atoms with Crippen molar-refractivity contribution in [2.75, 3.05) is 25.0 Å². The lowest BCUT2D eigenvalue weighted by molar-refractivity contribution is 0.247. The van der Waals surface area contributed by atoms with Crippen molar-refractivity contribution in [2.45, 2.75) is 25.4 Å². The monoisotopic (exact) mass is 329 g/mol. The van der Waals surface area contributed by atoms with Gasteiger partial charge in [0.15, 0.2) is 5.11 Å². The SMILES string of the molecule is CN1CCC(NC(=S)N(Cc2ccco2)c2ccccc2)CC1. The highest BCUT2D eigenvalue weighted by atomic mass is 32.1. The number of rotatable bonds is 4. The van der Waals surface area contributed by atoms with Crippen LogP contribution < -0.4 is 10.2 Å². The van der Waals surface area contributed by atoms with Crippen LogP contribution in [0.3, 0.4) is 0 Å². The van der Waals surface area contributed by atoms with E-state index in [1.165, 1.54) is 0 Å². The Morgan fingerprint density at radius 2 is 1.96 bits per heavy atom. The number of likely N-dealkylation sites (tertiary alicyclic amines) is 1.